The molecule has 0 radical (unpaired) electrons. The molecule has 0 aromatic carbocycles. The van der Waals surface area contributed by atoms with E-state index < -0.39 is 0 Å². The number of nitrogens with two attached hydrogens (primary N) is 1. The van der Waals surface area contributed by atoms with Crippen molar-refractivity contribution in [1.82, 2.24) is 4.90 Å². The van der Waals surface area contributed by atoms with Crippen LogP contribution in [-0.2, 0) is 9.47 Å². The number of guanidine groups is 1. The summed E-state index contributed by atoms with van der Waals surface area (Å²) in [6.07, 6.45) is 10.9. The van der Waals surface area contributed by atoms with Crippen molar-refractivity contribution >= 4 is 5.96 Å². The summed E-state index contributed by atoms with van der Waals surface area (Å²) < 4.78 is 12.2. The van der Waals surface area contributed by atoms with E-state index in [-0.39, 0.29) is 11.9 Å². The average Bonchev–Trinajstić information content (AvgIpc) is 2.77. The van der Waals surface area contributed by atoms with Gasteiger partial charge in [-0.1, -0.05) is 12.8 Å². The summed E-state index contributed by atoms with van der Waals surface area (Å²) in [4.78, 5) is 6.74. The highest BCUT2D eigenvalue weighted by Gasteiger charge is 2.41. The molecular weight excluding hydrogens is 266 g/mol. The summed E-state index contributed by atoms with van der Waals surface area (Å²) in [6, 6.07) is 0. The molecule has 2 aliphatic heterocycles. The van der Waals surface area contributed by atoms with Gasteiger partial charge in [0.1, 0.15) is 6.10 Å². The van der Waals surface area contributed by atoms with Crippen LogP contribution in [0.1, 0.15) is 57.8 Å². The number of hydrogen-bond acceptors (Lipinski definition) is 3. The quantitative estimate of drug-likeness (QED) is 0.627. The predicted molar refractivity (Wildman–Crippen MR) is 83.2 cm³/mol. The normalized spacial score (nSPS) is 30.6. The second-order valence-corrected chi connectivity index (χ2v) is 6.62. The van der Waals surface area contributed by atoms with Crippen LogP contribution in [-0.4, -0.2) is 49.0 Å². The van der Waals surface area contributed by atoms with Crippen LogP contribution in [0.4, 0.5) is 0 Å². The molecule has 1 spiro atoms. The maximum atomic E-state index is 6.20. The summed E-state index contributed by atoms with van der Waals surface area (Å²) in [6.45, 7) is 3.38. The minimum Gasteiger partial charge on any atom is -0.370 e. The van der Waals surface area contributed by atoms with Gasteiger partial charge in [0.2, 0.25) is 0 Å². The molecule has 0 aromatic heterocycles. The second kappa shape index (κ2) is 6.97. The Morgan fingerprint density at radius 3 is 2.43 bits per heavy atom. The van der Waals surface area contributed by atoms with Crippen LogP contribution in [0.15, 0.2) is 4.99 Å². The smallest absolute Gasteiger partial charge is 0.191 e. The van der Waals surface area contributed by atoms with Gasteiger partial charge in [0, 0.05) is 25.9 Å². The third kappa shape index (κ3) is 3.89. The number of ether oxygens (including phenoxy) is 2. The van der Waals surface area contributed by atoms with Crippen molar-refractivity contribution in [2.24, 2.45) is 10.7 Å². The summed E-state index contributed by atoms with van der Waals surface area (Å²) in [5, 5.41) is 0. The molecule has 2 saturated heterocycles. The van der Waals surface area contributed by atoms with Gasteiger partial charge in [-0.2, -0.15) is 0 Å². The molecule has 2 N–H and O–H groups in total. The summed E-state index contributed by atoms with van der Waals surface area (Å²) in [5.41, 5.74) is 6.10. The monoisotopic (exact) mass is 295 g/mol. The van der Waals surface area contributed by atoms with E-state index in [1.807, 2.05) is 0 Å². The first kappa shape index (κ1) is 15.1. The van der Waals surface area contributed by atoms with Crippen molar-refractivity contribution in [3.05, 3.63) is 0 Å². The number of rotatable bonds is 2. The predicted octanol–water partition coefficient (Wildman–Crippen LogP) is 2.25. The van der Waals surface area contributed by atoms with Gasteiger partial charge in [0.15, 0.2) is 11.7 Å². The van der Waals surface area contributed by atoms with Crippen molar-refractivity contribution < 1.29 is 9.47 Å². The van der Waals surface area contributed by atoms with Crippen LogP contribution in [0.3, 0.4) is 0 Å². The third-order valence-corrected chi connectivity index (χ3v) is 4.92. The summed E-state index contributed by atoms with van der Waals surface area (Å²) in [7, 11) is 0. The van der Waals surface area contributed by atoms with Crippen molar-refractivity contribution in [2.45, 2.75) is 69.7 Å². The van der Waals surface area contributed by atoms with Crippen LogP contribution in [0, 0.1) is 0 Å². The molecule has 5 nitrogen and oxygen atoms in total. The lowest BCUT2D eigenvalue weighted by Crippen LogP contribution is -2.41. The van der Waals surface area contributed by atoms with Gasteiger partial charge < -0.3 is 20.1 Å². The van der Waals surface area contributed by atoms with Crippen molar-refractivity contribution in [2.75, 3.05) is 26.2 Å². The van der Waals surface area contributed by atoms with Gasteiger partial charge in [-0.05, 0) is 32.1 Å². The van der Waals surface area contributed by atoms with Gasteiger partial charge in [-0.25, -0.2) is 0 Å². The van der Waals surface area contributed by atoms with E-state index in [1.54, 1.807) is 0 Å². The van der Waals surface area contributed by atoms with Crippen LogP contribution in [0.25, 0.3) is 0 Å². The third-order valence-electron chi connectivity index (χ3n) is 4.92. The van der Waals surface area contributed by atoms with E-state index >= 15 is 0 Å². The second-order valence-electron chi connectivity index (χ2n) is 6.62. The Balaban J connectivity index is 1.49. The molecule has 0 aromatic rings. The molecule has 1 saturated carbocycles. The SMILES string of the molecule is NC(=NCC1COC2(CCCCCC2)O1)N1CCCCC1. The zero-order valence-electron chi connectivity index (χ0n) is 13.1. The van der Waals surface area contributed by atoms with Crippen LogP contribution in [0.5, 0.6) is 0 Å². The lowest BCUT2D eigenvalue weighted by Gasteiger charge is -2.28. The number of piperidine rings is 1. The number of nitrogens with zero attached hydrogens (tertiary/aromatic N) is 2. The fourth-order valence-electron chi connectivity index (χ4n) is 3.65. The standard InChI is InChI=1S/C16H29N3O2/c17-15(19-10-6-3-7-11-19)18-12-14-13-20-16(21-14)8-4-1-2-5-9-16/h14H,1-13H2,(H2,17,18). The molecule has 3 rings (SSSR count). The highest BCUT2D eigenvalue weighted by atomic mass is 16.7. The van der Waals surface area contributed by atoms with Crippen molar-refractivity contribution in [3.8, 4) is 0 Å². The molecule has 1 atom stereocenters. The Kier molecular flexibility index (Phi) is 5.01. The molecule has 0 bridgehead atoms. The number of likely N-dealkylation sites (tertiary alicyclic amines) is 1. The summed E-state index contributed by atoms with van der Waals surface area (Å²) in [5.74, 6) is 0.372. The minimum absolute atomic E-state index is 0.0754. The first-order valence-corrected chi connectivity index (χ1v) is 8.64. The van der Waals surface area contributed by atoms with Crippen molar-refractivity contribution in [1.29, 1.82) is 0 Å². The van der Waals surface area contributed by atoms with Gasteiger partial charge in [0.25, 0.3) is 0 Å². The molecule has 1 aliphatic carbocycles. The maximum Gasteiger partial charge on any atom is 0.191 e. The fraction of sp³-hybridized carbons (Fsp3) is 0.938. The zero-order chi connectivity index (χ0) is 14.5. The van der Waals surface area contributed by atoms with Gasteiger partial charge in [-0.15, -0.1) is 0 Å². The minimum atomic E-state index is -0.309. The molecule has 21 heavy (non-hydrogen) atoms. The van der Waals surface area contributed by atoms with Crippen LogP contribution < -0.4 is 5.73 Å². The first-order chi connectivity index (χ1) is 10.3. The lowest BCUT2D eigenvalue weighted by molar-refractivity contribution is -0.174. The van der Waals surface area contributed by atoms with E-state index in [4.69, 9.17) is 15.2 Å². The molecular formula is C16H29N3O2. The van der Waals surface area contributed by atoms with E-state index in [9.17, 15) is 0 Å². The van der Waals surface area contributed by atoms with Gasteiger partial charge in [-0.3, -0.25) is 4.99 Å². The molecule has 3 fully saturated rings. The van der Waals surface area contributed by atoms with Crippen LogP contribution >= 0.6 is 0 Å². The topological polar surface area (TPSA) is 60.1 Å². The zero-order valence-corrected chi connectivity index (χ0v) is 13.1. The van der Waals surface area contributed by atoms with Crippen LogP contribution in [0.2, 0.25) is 0 Å². The van der Waals surface area contributed by atoms with Gasteiger partial charge in [0.05, 0.1) is 13.2 Å². The Bertz CT molecular complexity index is 359. The Labute approximate surface area is 127 Å². The van der Waals surface area contributed by atoms with E-state index in [1.165, 1.54) is 44.9 Å². The fourth-order valence-corrected chi connectivity index (χ4v) is 3.65. The highest BCUT2D eigenvalue weighted by molar-refractivity contribution is 5.78. The Morgan fingerprint density at radius 2 is 1.71 bits per heavy atom. The Morgan fingerprint density at radius 1 is 1.05 bits per heavy atom. The molecule has 120 valence electrons. The van der Waals surface area contributed by atoms with E-state index in [0.717, 1.165) is 25.9 Å². The van der Waals surface area contributed by atoms with E-state index in [2.05, 4.69) is 9.89 Å². The Hall–Kier alpha value is -0.810. The molecule has 5 heteroatoms. The molecule has 0 amide bonds. The van der Waals surface area contributed by atoms with Crippen molar-refractivity contribution in [3.63, 3.8) is 0 Å². The first-order valence-electron chi connectivity index (χ1n) is 8.64. The lowest BCUT2D eigenvalue weighted by atomic mass is 10.1. The molecule has 1 unspecified atom stereocenters. The maximum absolute atomic E-state index is 6.20. The molecule has 2 heterocycles. The largest absolute Gasteiger partial charge is 0.370 e. The number of aliphatic imine (C=N–C) groups is 1. The van der Waals surface area contributed by atoms with Gasteiger partial charge >= 0.3 is 0 Å². The highest BCUT2D eigenvalue weighted by Crippen LogP contribution is 2.36. The van der Waals surface area contributed by atoms with E-state index in [0.29, 0.717) is 19.1 Å². The number of hydrogen-bond donors (Lipinski definition) is 1. The average molecular weight is 295 g/mol. The molecule has 3 aliphatic rings. The summed E-state index contributed by atoms with van der Waals surface area (Å²) >= 11 is 0.